The minimum atomic E-state index is -0.343. The molecule has 3 heterocycles. The summed E-state index contributed by atoms with van der Waals surface area (Å²) in [4.78, 5) is 18.8. The third-order valence-electron chi connectivity index (χ3n) is 5.42. The van der Waals surface area contributed by atoms with E-state index in [0.717, 1.165) is 17.0 Å². The summed E-state index contributed by atoms with van der Waals surface area (Å²) in [6.45, 7) is 5.54. The summed E-state index contributed by atoms with van der Waals surface area (Å²) < 4.78 is 21.2. The van der Waals surface area contributed by atoms with Gasteiger partial charge in [-0.3, -0.25) is 13.9 Å². The van der Waals surface area contributed by atoms with Crippen molar-refractivity contribution in [3.05, 3.63) is 67.4 Å². The Labute approximate surface area is 220 Å². The maximum absolute atomic E-state index is 13.8. The summed E-state index contributed by atoms with van der Waals surface area (Å²) in [5.74, 6) is 1.24. The molecular formula is C24H22ClN3O4S3. The Balaban J connectivity index is 1.68. The third-order valence-corrected chi connectivity index (χ3v) is 8.17. The number of hydrogen-bond donors (Lipinski definition) is 0. The first-order valence-electron chi connectivity index (χ1n) is 11.0. The van der Waals surface area contributed by atoms with Crippen molar-refractivity contribution >= 4 is 57.3 Å². The van der Waals surface area contributed by atoms with Gasteiger partial charge in [0.2, 0.25) is 0 Å². The van der Waals surface area contributed by atoms with Crippen molar-refractivity contribution in [2.45, 2.75) is 25.3 Å². The fraction of sp³-hybridized carbons (Fsp3) is 0.292. The molecule has 2 aromatic heterocycles. The van der Waals surface area contributed by atoms with Gasteiger partial charge in [-0.05, 0) is 74.1 Å². The number of nitrogens with zero attached hydrogens (tertiary/aromatic N) is 3. The SMILES string of the molecule is CCOc1ccc(-n2c(SCC3OCCO3)nc3c(sc(=S)n3-c3ccc(Cl)c(C)c3)c2=O)cc1. The first-order chi connectivity index (χ1) is 17.0. The minimum absolute atomic E-state index is 0.185. The molecule has 35 heavy (non-hydrogen) atoms. The van der Waals surface area contributed by atoms with Gasteiger partial charge in [-0.2, -0.15) is 0 Å². The lowest BCUT2D eigenvalue weighted by atomic mass is 10.2. The number of aromatic nitrogens is 3. The molecule has 11 heteroatoms. The predicted octanol–water partition coefficient (Wildman–Crippen LogP) is 5.79. The lowest BCUT2D eigenvalue weighted by molar-refractivity contribution is -0.0215. The zero-order valence-electron chi connectivity index (χ0n) is 19.0. The van der Waals surface area contributed by atoms with Crippen LogP contribution in [0.4, 0.5) is 0 Å². The molecule has 182 valence electrons. The van der Waals surface area contributed by atoms with E-state index < -0.39 is 0 Å². The monoisotopic (exact) mass is 547 g/mol. The normalized spacial score (nSPS) is 14.1. The van der Waals surface area contributed by atoms with Gasteiger partial charge in [-0.1, -0.05) is 34.7 Å². The highest BCUT2D eigenvalue weighted by molar-refractivity contribution is 7.99. The van der Waals surface area contributed by atoms with Crippen molar-refractivity contribution in [3.8, 4) is 17.1 Å². The van der Waals surface area contributed by atoms with Crippen LogP contribution in [0, 0.1) is 10.9 Å². The van der Waals surface area contributed by atoms with Crippen LogP contribution in [0.25, 0.3) is 21.7 Å². The highest BCUT2D eigenvalue weighted by Crippen LogP contribution is 2.30. The molecule has 4 aromatic rings. The average Bonchev–Trinajstić information content (AvgIpc) is 3.48. The molecule has 0 radical (unpaired) electrons. The molecule has 0 aliphatic carbocycles. The van der Waals surface area contributed by atoms with Crippen LogP contribution in [0.5, 0.6) is 5.75 Å². The molecule has 0 bridgehead atoms. The zero-order chi connectivity index (χ0) is 24.5. The van der Waals surface area contributed by atoms with Crippen molar-refractivity contribution in [2.75, 3.05) is 25.6 Å². The number of ether oxygens (including phenoxy) is 3. The highest BCUT2D eigenvalue weighted by atomic mass is 35.5. The molecule has 0 amide bonds. The Morgan fingerprint density at radius 3 is 2.57 bits per heavy atom. The van der Waals surface area contributed by atoms with E-state index in [1.165, 1.54) is 23.1 Å². The summed E-state index contributed by atoms with van der Waals surface area (Å²) in [6, 6.07) is 13.0. The van der Waals surface area contributed by atoms with Crippen molar-refractivity contribution in [3.63, 3.8) is 0 Å². The van der Waals surface area contributed by atoms with Crippen molar-refractivity contribution < 1.29 is 14.2 Å². The highest BCUT2D eigenvalue weighted by Gasteiger charge is 2.22. The van der Waals surface area contributed by atoms with Crippen LogP contribution in [0.3, 0.4) is 0 Å². The Bertz CT molecular complexity index is 1490. The molecule has 7 nitrogen and oxygen atoms in total. The van der Waals surface area contributed by atoms with E-state index in [0.29, 0.717) is 55.7 Å². The van der Waals surface area contributed by atoms with E-state index in [1.54, 1.807) is 4.57 Å². The van der Waals surface area contributed by atoms with Gasteiger partial charge in [0.05, 0.1) is 31.3 Å². The Kier molecular flexibility index (Phi) is 7.29. The number of rotatable bonds is 7. The maximum atomic E-state index is 13.8. The lowest BCUT2D eigenvalue weighted by Crippen LogP contribution is -2.22. The first kappa shape index (κ1) is 24.5. The molecule has 1 aliphatic heterocycles. The molecule has 5 rings (SSSR count). The van der Waals surface area contributed by atoms with Gasteiger partial charge in [0, 0.05) is 10.7 Å². The molecule has 0 atom stereocenters. The summed E-state index contributed by atoms with van der Waals surface area (Å²) >= 11 is 14.6. The second kappa shape index (κ2) is 10.4. The molecule has 0 unspecified atom stereocenters. The summed E-state index contributed by atoms with van der Waals surface area (Å²) in [7, 11) is 0. The third kappa shape index (κ3) is 4.91. The van der Waals surface area contributed by atoms with E-state index in [-0.39, 0.29) is 11.8 Å². The van der Waals surface area contributed by atoms with E-state index in [9.17, 15) is 4.79 Å². The first-order valence-corrected chi connectivity index (χ1v) is 13.6. The van der Waals surface area contributed by atoms with Crippen LogP contribution in [-0.4, -0.2) is 46.0 Å². The smallest absolute Gasteiger partial charge is 0.278 e. The molecule has 1 saturated heterocycles. The Morgan fingerprint density at radius 2 is 1.89 bits per heavy atom. The quantitative estimate of drug-likeness (QED) is 0.165. The van der Waals surface area contributed by atoms with Crippen LogP contribution in [-0.2, 0) is 9.47 Å². The van der Waals surface area contributed by atoms with Crippen LogP contribution < -0.4 is 10.3 Å². The van der Waals surface area contributed by atoms with Crippen LogP contribution in [0.2, 0.25) is 5.02 Å². The Hall–Kier alpha value is -2.21. The van der Waals surface area contributed by atoms with Crippen LogP contribution >= 0.6 is 46.9 Å². The molecule has 1 aliphatic rings. The minimum Gasteiger partial charge on any atom is -0.494 e. The van der Waals surface area contributed by atoms with Crippen molar-refractivity contribution in [1.29, 1.82) is 0 Å². The number of aryl methyl sites for hydroxylation is 1. The average molecular weight is 548 g/mol. The van der Waals surface area contributed by atoms with Gasteiger partial charge in [0.25, 0.3) is 5.56 Å². The summed E-state index contributed by atoms with van der Waals surface area (Å²) in [5.41, 5.74) is 2.75. The molecule has 1 fully saturated rings. The van der Waals surface area contributed by atoms with Crippen molar-refractivity contribution in [1.82, 2.24) is 14.1 Å². The number of hydrogen-bond acceptors (Lipinski definition) is 8. The standard InChI is InChI=1S/C24H22ClN3O4S3/c1-3-30-17-7-4-15(5-8-17)28-22(29)20-21(26-23(28)34-13-19-31-10-11-32-19)27(24(33)35-20)16-6-9-18(25)14(2)12-16/h4-9,12,19H,3,10-11,13H2,1-2H3. The number of thiazole rings is 1. The number of benzene rings is 2. The fourth-order valence-electron chi connectivity index (χ4n) is 3.76. The molecule has 0 saturated carbocycles. The number of halogens is 1. The van der Waals surface area contributed by atoms with Gasteiger partial charge in [-0.25, -0.2) is 4.98 Å². The second-order valence-electron chi connectivity index (χ2n) is 7.73. The number of fused-ring (bicyclic) bond motifs is 1. The predicted molar refractivity (Wildman–Crippen MR) is 143 cm³/mol. The zero-order valence-corrected chi connectivity index (χ0v) is 22.2. The van der Waals surface area contributed by atoms with Gasteiger partial charge in [-0.15, -0.1) is 0 Å². The largest absolute Gasteiger partial charge is 0.494 e. The van der Waals surface area contributed by atoms with E-state index in [1.807, 2.05) is 60.9 Å². The molecule has 2 aromatic carbocycles. The Morgan fingerprint density at radius 1 is 1.17 bits per heavy atom. The van der Waals surface area contributed by atoms with Crippen LogP contribution in [0.15, 0.2) is 52.4 Å². The maximum Gasteiger partial charge on any atom is 0.278 e. The van der Waals surface area contributed by atoms with Crippen molar-refractivity contribution in [2.24, 2.45) is 0 Å². The summed E-state index contributed by atoms with van der Waals surface area (Å²) in [6.07, 6.45) is -0.343. The molecule has 0 spiro atoms. The van der Waals surface area contributed by atoms with Gasteiger partial charge < -0.3 is 14.2 Å². The topological polar surface area (TPSA) is 67.5 Å². The van der Waals surface area contributed by atoms with Crippen LogP contribution in [0.1, 0.15) is 12.5 Å². The van der Waals surface area contributed by atoms with E-state index >= 15 is 0 Å². The summed E-state index contributed by atoms with van der Waals surface area (Å²) in [5, 5.41) is 1.19. The van der Waals surface area contributed by atoms with E-state index in [4.69, 9.17) is 43.0 Å². The molecular weight excluding hydrogens is 526 g/mol. The molecule has 0 N–H and O–H groups in total. The second-order valence-corrected chi connectivity index (χ2v) is 10.8. The van der Waals surface area contributed by atoms with E-state index in [2.05, 4.69) is 0 Å². The van der Waals surface area contributed by atoms with Gasteiger partial charge in [0.1, 0.15) is 10.4 Å². The van der Waals surface area contributed by atoms with Gasteiger partial charge >= 0.3 is 0 Å². The fourth-order valence-corrected chi connectivity index (χ4v) is 6.13. The lowest BCUT2D eigenvalue weighted by Gasteiger charge is -2.15. The van der Waals surface area contributed by atoms with Gasteiger partial charge in [0.15, 0.2) is 21.0 Å². The number of thioether (sulfide) groups is 1.